The summed E-state index contributed by atoms with van der Waals surface area (Å²) in [7, 11) is 0. The summed E-state index contributed by atoms with van der Waals surface area (Å²) < 4.78 is 0. The molecule has 1 aromatic carbocycles. The molecule has 1 aliphatic carbocycles. The number of nitrogens with one attached hydrogen (secondary N) is 1. The maximum Gasteiger partial charge on any atom is 0.252 e. The van der Waals surface area contributed by atoms with E-state index in [9.17, 15) is 9.59 Å². The summed E-state index contributed by atoms with van der Waals surface area (Å²) in [6.07, 6.45) is 4.87. The molecule has 112 valence electrons. The van der Waals surface area contributed by atoms with Crippen LogP contribution in [0.3, 0.4) is 0 Å². The summed E-state index contributed by atoms with van der Waals surface area (Å²) in [5, 5.41) is 2.94. The maximum absolute atomic E-state index is 13.1. The van der Waals surface area contributed by atoms with Gasteiger partial charge in [-0.2, -0.15) is 0 Å². The Hall–Kier alpha value is -1.84. The van der Waals surface area contributed by atoms with Crippen molar-refractivity contribution >= 4 is 11.8 Å². The van der Waals surface area contributed by atoms with E-state index in [0.717, 1.165) is 18.4 Å². The molecule has 1 saturated carbocycles. The van der Waals surface area contributed by atoms with Gasteiger partial charge in [-0.05, 0) is 25.3 Å². The molecule has 1 aliphatic heterocycles. The second-order valence-corrected chi connectivity index (χ2v) is 6.23. The summed E-state index contributed by atoms with van der Waals surface area (Å²) in [6, 6.07) is 9.86. The van der Waals surface area contributed by atoms with Crippen molar-refractivity contribution in [2.45, 2.75) is 50.6 Å². The first-order valence-corrected chi connectivity index (χ1v) is 7.79. The van der Waals surface area contributed by atoms with Crippen molar-refractivity contribution in [3.63, 3.8) is 0 Å². The lowest BCUT2D eigenvalue weighted by Gasteiger charge is -2.35. The fraction of sp³-hybridized carbons (Fsp3) is 0.529. The standard InChI is InChI=1S/C17H22N2O2/c1-17(13-7-3-2-4-8-13)16(21)19(12-11-15(20)18-17)14-9-5-6-10-14/h2-4,7-8,14H,5-6,9-12H2,1H3,(H,18,20). The Morgan fingerprint density at radius 3 is 2.48 bits per heavy atom. The molecule has 2 fully saturated rings. The van der Waals surface area contributed by atoms with E-state index in [1.165, 1.54) is 12.8 Å². The van der Waals surface area contributed by atoms with Crippen LogP contribution in [0.1, 0.15) is 44.6 Å². The minimum atomic E-state index is -0.947. The molecule has 1 N–H and O–H groups in total. The molecular formula is C17H22N2O2. The first-order valence-electron chi connectivity index (χ1n) is 7.79. The van der Waals surface area contributed by atoms with Crippen molar-refractivity contribution in [1.29, 1.82) is 0 Å². The first kappa shape index (κ1) is 14.1. The molecule has 2 amide bonds. The van der Waals surface area contributed by atoms with Gasteiger partial charge < -0.3 is 10.2 Å². The van der Waals surface area contributed by atoms with E-state index in [2.05, 4.69) is 5.32 Å². The van der Waals surface area contributed by atoms with Gasteiger partial charge >= 0.3 is 0 Å². The van der Waals surface area contributed by atoms with Gasteiger partial charge in [0.15, 0.2) is 0 Å². The molecule has 1 saturated heterocycles. The fourth-order valence-corrected chi connectivity index (χ4v) is 3.54. The number of carbonyl (C=O) groups is 2. The molecule has 0 bridgehead atoms. The summed E-state index contributed by atoms with van der Waals surface area (Å²) in [5.41, 5.74) is -0.0921. The van der Waals surface area contributed by atoms with Gasteiger partial charge in [-0.25, -0.2) is 0 Å². The Morgan fingerprint density at radius 1 is 1.14 bits per heavy atom. The van der Waals surface area contributed by atoms with Gasteiger partial charge in [0.05, 0.1) is 0 Å². The molecular weight excluding hydrogens is 264 g/mol. The summed E-state index contributed by atoms with van der Waals surface area (Å²) in [5.74, 6) is -0.0124. The van der Waals surface area contributed by atoms with Crippen LogP contribution in [0.4, 0.5) is 0 Å². The third kappa shape index (κ3) is 2.55. The van der Waals surface area contributed by atoms with Crippen LogP contribution < -0.4 is 5.32 Å². The Morgan fingerprint density at radius 2 is 1.81 bits per heavy atom. The summed E-state index contributed by atoms with van der Waals surface area (Å²) >= 11 is 0. The number of nitrogens with zero attached hydrogens (tertiary/aromatic N) is 1. The maximum atomic E-state index is 13.1. The van der Waals surface area contributed by atoms with Crippen LogP contribution in [-0.4, -0.2) is 29.3 Å². The molecule has 1 aromatic rings. The lowest BCUT2D eigenvalue weighted by molar-refractivity contribution is -0.140. The lowest BCUT2D eigenvalue weighted by atomic mass is 9.90. The van der Waals surface area contributed by atoms with E-state index < -0.39 is 5.54 Å². The molecule has 4 heteroatoms. The smallest absolute Gasteiger partial charge is 0.252 e. The zero-order chi connectivity index (χ0) is 14.9. The Bertz CT molecular complexity index is 537. The summed E-state index contributed by atoms with van der Waals surface area (Å²) in [6.45, 7) is 2.37. The average Bonchev–Trinajstić information content (AvgIpc) is 2.98. The van der Waals surface area contributed by atoms with Gasteiger partial charge in [0.25, 0.3) is 5.91 Å². The Labute approximate surface area is 125 Å². The first-order chi connectivity index (χ1) is 10.1. The van der Waals surface area contributed by atoms with Gasteiger partial charge in [-0.1, -0.05) is 43.2 Å². The number of rotatable bonds is 2. The number of hydrogen-bond acceptors (Lipinski definition) is 2. The van der Waals surface area contributed by atoms with Gasteiger partial charge in [0, 0.05) is 19.0 Å². The quantitative estimate of drug-likeness (QED) is 0.906. The Kier molecular flexibility index (Phi) is 3.70. The predicted molar refractivity (Wildman–Crippen MR) is 80.5 cm³/mol. The minimum absolute atomic E-state index is 0.0338. The van der Waals surface area contributed by atoms with Crippen LogP contribution in [-0.2, 0) is 15.1 Å². The van der Waals surface area contributed by atoms with E-state index in [0.29, 0.717) is 19.0 Å². The molecule has 0 spiro atoms. The van der Waals surface area contributed by atoms with E-state index in [-0.39, 0.29) is 11.8 Å². The van der Waals surface area contributed by atoms with Gasteiger partial charge in [-0.3, -0.25) is 9.59 Å². The van der Waals surface area contributed by atoms with E-state index in [4.69, 9.17) is 0 Å². The largest absolute Gasteiger partial charge is 0.338 e. The normalized spacial score (nSPS) is 27.6. The van der Waals surface area contributed by atoms with Crippen LogP contribution in [0.25, 0.3) is 0 Å². The monoisotopic (exact) mass is 286 g/mol. The third-order valence-corrected chi connectivity index (χ3v) is 4.77. The highest BCUT2D eigenvalue weighted by Crippen LogP contribution is 2.31. The molecule has 1 heterocycles. The van der Waals surface area contributed by atoms with Crippen molar-refractivity contribution in [3.05, 3.63) is 35.9 Å². The topological polar surface area (TPSA) is 49.4 Å². The highest BCUT2D eigenvalue weighted by Gasteiger charge is 2.44. The molecule has 0 radical (unpaired) electrons. The molecule has 3 rings (SSSR count). The van der Waals surface area contributed by atoms with Crippen LogP contribution >= 0.6 is 0 Å². The van der Waals surface area contributed by atoms with E-state index in [1.807, 2.05) is 42.2 Å². The molecule has 1 unspecified atom stereocenters. The second kappa shape index (κ2) is 5.51. The summed E-state index contributed by atoms with van der Waals surface area (Å²) in [4.78, 5) is 27.1. The average molecular weight is 286 g/mol. The fourth-order valence-electron chi connectivity index (χ4n) is 3.54. The van der Waals surface area contributed by atoms with Gasteiger partial charge in [0.2, 0.25) is 5.91 Å². The molecule has 1 atom stereocenters. The van der Waals surface area contributed by atoms with Crippen molar-refractivity contribution in [2.24, 2.45) is 0 Å². The number of benzene rings is 1. The van der Waals surface area contributed by atoms with Crippen LogP contribution in [0.2, 0.25) is 0 Å². The van der Waals surface area contributed by atoms with Crippen molar-refractivity contribution in [2.75, 3.05) is 6.54 Å². The van der Waals surface area contributed by atoms with Crippen LogP contribution in [0.5, 0.6) is 0 Å². The minimum Gasteiger partial charge on any atom is -0.338 e. The van der Waals surface area contributed by atoms with Crippen molar-refractivity contribution in [3.8, 4) is 0 Å². The number of carbonyl (C=O) groups excluding carboxylic acids is 2. The zero-order valence-corrected chi connectivity index (χ0v) is 12.5. The van der Waals surface area contributed by atoms with E-state index >= 15 is 0 Å². The van der Waals surface area contributed by atoms with Crippen LogP contribution in [0.15, 0.2) is 30.3 Å². The predicted octanol–water partition coefficient (Wildman–Crippen LogP) is 2.19. The van der Waals surface area contributed by atoms with Crippen molar-refractivity contribution < 1.29 is 9.59 Å². The van der Waals surface area contributed by atoms with Gasteiger partial charge in [0.1, 0.15) is 5.54 Å². The third-order valence-electron chi connectivity index (χ3n) is 4.77. The van der Waals surface area contributed by atoms with Crippen molar-refractivity contribution in [1.82, 2.24) is 10.2 Å². The zero-order valence-electron chi connectivity index (χ0n) is 12.5. The number of amides is 2. The highest BCUT2D eigenvalue weighted by atomic mass is 16.2. The number of hydrogen-bond donors (Lipinski definition) is 1. The highest BCUT2D eigenvalue weighted by molar-refractivity contribution is 5.94. The lowest BCUT2D eigenvalue weighted by Crippen LogP contribution is -2.54. The molecule has 0 aromatic heterocycles. The van der Waals surface area contributed by atoms with Gasteiger partial charge in [-0.15, -0.1) is 0 Å². The molecule has 4 nitrogen and oxygen atoms in total. The second-order valence-electron chi connectivity index (χ2n) is 6.23. The molecule has 2 aliphatic rings. The SMILES string of the molecule is CC1(c2ccccc2)NC(=O)CCN(C2CCCC2)C1=O. The van der Waals surface area contributed by atoms with E-state index in [1.54, 1.807) is 0 Å². The van der Waals surface area contributed by atoms with Crippen LogP contribution in [0, 0.1) is 0 Å². The molecule has 21 heavy (non-hydrogen) atoms. The Balaban J connectivity index is 1.97.